The Kier molecular flexibility index (Phi) is 5.57. The first kappa shape index (κ1) is 15.8. The quantitative estimate of drug-likeness (QED) is 0.788. The Balaban J connectivity index is 1.76. The molecule has 0 spiro atoms. The fourth-order valence-electron chi connectivity index (χ4n) is 2.67. The lowest BCUT2D eigenvalue weighted by Gasteiger charge is -2.11. The lowest BCUT2D eigenvalue weighted by Crippen LogP contribution is -2.17. The summed E-state index contributed by atoms with van der Waals surface area (Å²) in [5.74, 6) is 1.18. The largest absolute Gasteiger partial charge is 0.335 e. The highest BCUT2D eigenvalue weighted by Gasteiger charge is 2.02. The minimum atomic E-state index is 0.956. The van der Waals surface area contributed by atoms with Gasteiger partial charge < -0.3 is 9.88 Å². The van der Waals surface area contributed by atoms with E-state index in [2.05, 4.69) is 60.9 Å². The Morgan fingerprint density at radius 3 is 2.62 bits per heavy atom. The molecule has 0 aliphatic heterocycles. The van der Waals surface area contributed by atoms with Gasteiger partial charge in [-0.2, -0.15) is 0 Å². The number of hydrogen-bond donors (Lipinski definition) is 1. The predicted octanol–water partition coefficient (Wildman–Crippen LogP) is 3.55. The Hall–Kier alpha value is -1.61. The molecule has 0 aliphatic carbocycles. The van der Waals surface area contributed by atoms with Gasteiger partial charge in [-0.15, -0.1) is 0 Å². The van der Waals surface area contributed by atoms with Crippen molar-refractivity contribution in [1.29, 1.82) is 0 Å². The normalized spacial score (nSPS) is 11.0. The molecule has 1 aromatic carbocycles. The fourth-order valence-corrected chi connectivity index (χ4v) is 2.67. The molecule has 1 N–H and O–H groups in total. The predicted molar refractivity (Wildman–Crippen MR) is 88.6 cm³/mol. The summed E-state index contributed by atoms with van der Waals surface area (Å²) in [6.07, 6.45) is 6.10. The van der Waals surface area contributed by atoms with Crippen molar-refractivity contribution < 1.29 is 0 Å². The van der Waals surface area contributed by atoms with E-state index in [1.165, 1.54) is 28.1 Å². The van der Waals surface area contributed by atoms with Gasteiger partial charge in [-0.1, -0.05) is 19.1 Å². The van der Waals surface area contributed by atoms with Crippen LogP contribution in [0.5, 0.6) is 0 Å². The molecule has 0 radical (unpaired) electrons. The molecule has 0 fully saturated rings. The molecular weight excluding hydrogens is 258 g/mol. The van der Waals surface area contributed by atoms with E-state index >= 15 is 0 Å². The topological polar surface area (TPSA) is 29.9 Å². The number of benzene rings is 1. The Morgan fingerprint density at radius 2 is 1.86 bits per heavy atom. The zero-order valence-corrected chi connectivity index (χ0v) is 13.7. The number of aryl methyl sites for hydroxylation is 5. The van der Waals surface area contributed by atoms with Gasteiger partial charge in [0.15, 0.2) is 0 Å². The number of rotatable bonds is 7. The van der Waals surface area contributed by atoms with Crippen LogP contribution >= 0.6 is 0 Å². The highest BCUT2D eigenvalue weighted by molar-refractivity contribution is 5.36. The first-order valence-electron chi connectivity index (χ1n) is 7.89. The third kappa shape index (κ3) is 4.18. The third-order valence-corrected chi connectivity index (χ3v) is 4.14. The van der Waals surface area contributed by atoms with Crippen molar-refractivity contribution >= 4 is 0 Å². The number of nitrogens with one attached hydrogen (secondary N) is 1. The molecule has 0 amide bonds. The molecule has 0 aliphatic rings. The van der Waals surface area contributed by atoms with Crippen molar-refractivity contribution in [2.75, 3.05) is 6.54 Å². The standard InChI is InChI=1S/C18H27N3/c1-5-18-20-8-10-21(18)9-6-7-19-13-17-12-15(3)14(2)11-16(17)4/h8,10-12,19H,5-7,9,13H2,1-4H3. The van der Waals surface area contributed by atoms with Crippen molar-refractivity contribution in [3.8, 4) is 0 Å². The maximum atomic E-state index is 4.35. The molecule has 1 heterocycles. The summed E-state index contributed by atoms with van der Waals surface area (Å²) in [7, 11) is 0. The molecule has 0 atom stereocenters. The van der Waals surface area contributed by atoms with E-state index in [0.717, 1.165) is 32.5 Å². The van der Waals surface area contributed by atoms with Crippen molar-refractivity contribution in [2.45, 2.75) is 53.6 Å². The number of nitrogens with zero attached hydrogens (tertiary/aromatic N) is 2. The molecular formula is C18H27N3. The lowest BCUT2D eigenvalue weighted by molar-refractivity contribution is 0.566. The molecule has 1 aromatic heterocycles. The average molecular weight is 285 g/mol. The van der Waals surface area contributed by atoms with Gasteiger partial charge in [0, 0.05) is 31.9 Å². The molecule has 2 aromatic rings. The molecule has 0 bridgehead atoms. The van der Waals surface area contributed by atoms with Crippen LogP contribution in [0.25, 0.3) is 0 Å². The third-order valence-electron chi connectivity index (χ3n) is 4.14. The van der Waals surface area contributed by atoms with Gasteiger partial charge in [-0.05, 0) is 56.0 Å². The summed E-state index contributed by atoms with van der Waals surface area (Å²) in [4.78, 5) is 4.35. The molecule has 2 rings (SSSR count). The monoisotopic (exact) mass is 285 g/mol. The van der Waals surface area contributed by atoms with Crippen molar-refractivity contribution in [3.63, 3.8) is 0 Å². The van der Waals surface area contributed by atoms with E-state index in [9.17, 15) is 0 Å². The maximum Gasteiger partial charge on any atom is 0.108 e. The molecule has 0 saturated heterocycles. The van der Waals surface area contributed by atoms with Crippen molar-refractivity contribution in [1.82, 2.24) is 14.9 Å². The van der Waals surface area contributed by atoms with Crippen LogP contribution in [-0.4, -0.2) is 16.1 Å². The summed E-state index contributed by atoms with van der Waals surface area (Å²) < 4.78 is 2.25. The van der Waals surface area contributed by atoms with Crippen LogP contribution in [0.1, 0.15) is 41.4 Å². The summed E-state index contributed by atoms with van der Waals surface area (Å²) in [6, 6.07) is 4.59. The van der Waals surface area contributed by atoms with E-state index in [0.29, 0.717) is 0 Å². The van der Waals surface area contributed by atoms with Crippen LogP contribution < -0.4 is 5.32 Å². The second kappa shape index (κ2) is 7.41. The molecule has 0 unspecified atom stereocenters. The van der Waals surface area contributed by atoms with Crippen LogP contribution in [0.4, 0.5) is 0 Å². The highest BCUT2D eigenvalue weighted by atomic mass is 15.1. The first-order chi connectivity index (χ1) is 10.1. The minimum absolute atomic E-state index is 0.956. The van der Waals surface area contributed by atoms with E-state index in [-0.39, 0.29) is 0 Å². The van der Waals surface area contributed by atoms with Gasteiger partial charge in [0.05, 0.1) is 0 Å². The molecule has 114 valence electrons. The van der Waals surface area contributed by atoms with E-state index < -0.39 is 0 Å². The average Bonchev–Trinajstić information content (AvgIpc) is 2.91. The van der Waals surface area contributed by atoms with Crippen molar-refractivity contribution in [2.24, 2.45) is 0 Å². The van der Waals surface area contributed by atoms with Crippen LogP contribution in [0.15, 0.2) is 24.5 Å². The second-order valence-corrected chi connectivity index (χ2v) is 5.78. The number of imidazole rings is 1. The second-order valence-electron chi connectivity index (χ2n) is 5.78. The first-order valence-corrected chi connectivity index (χ1v) is 7.89. The SMILES string of the molecule is CCc1nccn1CCCNCc1cc(C)c(C)cc1C. The van der Waals surface area contributed by atoms with Crippen LogP contribution in [0.2, 0.25) is 0 Å². The van der Waals surface area contributed by atoms with Gasteiger partial charge >= 0.3 is 0 Å². The number of hydrogen-bond acceptors (Lipinski definition) is 2. The molecule has 0 saturated carbocycles. The van der Waals surface area contributed by atoms with Crippen LogP contribution in [0.3, 0.4) is 0 Å². The fraction of sp³-hybridized carbons (Fsp3) is 0.500. The van der Waals surface area contributed by atoms with Crippen LogP contribution in [-0.2, 0) is 19.5 Å². The van der Waals surface area contributed by atoms with Crippen LogP contribution in [0, 0.1) is 20.8 Å². The minimum Gasteiger partial charge on any atom is -0.335 e. The van der Waals surface area contributed by atoms with Crippen molar-refractivity contribution in [3.05, 3.63) is 52.6 Å². The zero-order valence-electron chi connectivity index (χ0n) is 13.7. The molecule has 21 heavy (non-hydrogen) atoms. The van der Waals surface area contributed by atoms with E-state index in [1.807, 2.05) is 6.20 Å². The summed E-state index contributed by atoms with van der Waals surface area (Å²) in [5.41, 5.74) is 5.55. The van der Waals surface area contributed by atoms with Gasteiger partial charge in [-0.25, -0.2) is 4.98 Å². The molecule has 3 nitrogen and oxygen atoms in total. The maximum absolute atomic E-state index is 4.35. The van der Waals surface area contributed by atoms with Gasteiger partial charge in [0.2, 0.25) is 0 Å². The Labute approximate surface area is 128 Å². The summed E-state index contributed by atoms with van der Waals surface area (Å²) >= 11 is 0. The Morgan fingerprint density at radius 1 is 1.10 bits per heavy atom. The lowest BCUT2D eigenvalue weighted by atomic mass is 10.0. The van der Waals surface area contributed by atoms with Gasteiger partial charge in [-0.3, -0.25) is 0 Å². The van der Waals surface area contributed by atoms with E-state index in [4.69, 9.17) is 0 Å². The van der Waals surface area contributed by atoms with Gasteiger partial charge in [0.1, 0.15) is 5.82 Å². The summed E-state index contributed by atoms with van der Waals surface area (Å²) in [5, 5.41) is 3.56. The zero-order chi connectivity index (χ0) is 15.2. The summed E-state index contributed by atoms with van der Waals surface area (Å²) in [6.45, 7) is 11.7. The smallest absolute Gasteiger partial charge is 0.108 e. The Bertz CT molecular complexity index is 584. The molecule has 3 heteroatoms. The highest BCUT2D eigenvalue weighted by Crippen LogP contribution is 2.15. The van der Waals surface area contributed by atoms with Gasteiger partial charge in [0.25, 0.3) is 0 Å². The number of aromatic nitrogens is 2. The van der Waals surface area contributed by atoms with E-state index in [1.54, 1.807) is 0 Å².